The van der Waals surface area contributed by atoms with Crippen LogP contribution >= 0.6 is 11.3 Å². The zero-order valence-corrected chi connectivity index (χ0v) is 15.3. The van der Waals surface area contributed by atoms with Crippen LogP contribution in [0.1, 0.15) is 20.9 Å². The number of thiazole rings is 1. The Labute approximate surface area is 158 Å². The first kappa shape index (κ1) is 16.9. The van der Waals surface area contributed by atoms with E-state index in [1.165, 1.54) is 22.2 Å². The molecule has 4 aromatic rings. The highest BCUT2D eigenvalue weighted by molar-refractivity contribution is 7.16. The standard InChI is InChI=1S/C17H14N8OS/c1-10-4-5-12(20-8-10)14-11(2)27-17(22-14)23-15(26)13-9-21-24-25(13)16-18-6-3-7-19-16/h3-9H,1-2H3,(H,22,23,26). The molecule has 0 atom stereocenters. The lowest BCUT2D eigenvalue weighted by atomic mass is 10.2. The van der Waals surface area contributed by atoms with Gasteiger partial charge in [0.15, 0.2) is 10.8 Å². The van der Waals surface area contributed by atoms with E-state index in [1.807, 2.05) is 26.0 Å². The Balaban J connectivity index is 1.59. The number of rotatable bonds is 4. The number of anilines is 1. The largest absolute Gasteiger partial charge is 0.296 e. The molecule has 0 aliphatic carbocycles. The van der Waals surface area contributed by atoms with Crippen molar-refractivity contribution < 1.29 is 4.79 Å². The van der Waals surface area contributed by atoms with Crippen LogP contribution in [0.15, 0.2) is 43.0 Å². The Morgan fingerprint density at radius 2 is 1.93 bits per heavy atom. The average molecular weight is 378 g/mol. The summed E-state index contributed by atoms with van der Waals surface area (Å²) in [5.74, 6) is -0.135. The van der Waals surface area contributed by atoms with Crippen molar-refractivity contribution in [2.24, 2.45) is 0 Å². The lowest BCUT2D eigenvalue weighted by molar-refractivity contribution is 0.101. The van der Waals surface area contributed by atoms with E-state index in [-0.39, 0.29) is 11.6 Å². The quantitative estimate of drug-likeness (QED) is 0.580. The number of amides is 1. The van der Waals surface area contributed by atoms with Gasteiger partial charge in [0.25, 0.3) is 11.9 Å². The van der Waals surface area contributed by atoms with E-state index in [4.69, 9.17) is 0 Å². The van der Waals surface area contributed by atoms with Gasteiger partial charge in [0, 0.05) is 23.5 Å². The van der Waals surface area contributed by atoms with E-state index in [0.717, 1.165) is 21.8 Å². The molecule has 0 spiro atoms. The second kappa shape index (κ2) is 7.00. The first-order valence-corrected chi connectivity index (χ1v) is 8.83. The van der Waals surface area contributed by atoms with Crippen molar-refractivity contribution in [3.05, 3.63) is 59.1 Å². The third-order valence-corrected chi connectivity index (χ3v) is 4.58. The topological polar surface area (TPSA) is 111 Å². The van der Waals surface area contributed by atoms with Crippen LogP contribution in [0.3, 0.4) is 0 Å². The van der Waals surface area contributed by atoms with Crippen molar-refractivity contribution in [2.75, 3.05) is 5.32 Å². The summed E-state index contributed by atoms with van der Waals surface area (Å²) >= 11 is 1.38. The van der Waals surface area contributed by atoms with Crippen LogP contribution in [0.25, 0.3) is 17.3 Å². The monoisotopic (exact) mass is 378 g/mol. The Hall–Kier alpha value is -3.53. The highest BCUT2D eigenvalue weighted by Crippen LogP contribution is 2.29. The molecule has 1 N–H and O–H groups in total. The number of aromatic nitrogens is 7. The maximum atomic E-state index is 12.7. The van der Waals surface area contributed by atoms with Crippen LogP contribution < -0.4 is 5.32 Å². The van der Waals surface area contributed by atoms with Gasteiger partial charge in [0.05, 0.1) is 11.9 Å². The van der Waals surface area contributed by atoms with Crippen molar-refractivity contribution in [1.29, 1.82) is 0 Å². The molecule has 0 bridgehead atoms. The van der Waals surface area contributed by atoms with Gasteiger partial charge >= 0.3 is 0 Å². The van der Waals surface area contributed by atoms with Gasteiger partial charge in [-0.15, -0.1) is 16.4 Å². The predicted octanol–water partition coefficient (Wildman–Crippen LogP) is 2.44. The van der Waals surface area contributed by atoms with E-state index in [9.17, 15) is 4.79 Å². The molecule has 0 unspecified atom stereocenters. The number of aryl methyl sites for hydroxylation is 2. The molecule has 0 aliphatic rings. The second-order valence-electron chi connectivity index (χ2n) is 5.68. The first-order chi connectivity index (χ1) is 13.1. The smallest absolute Gasteiger partial charge is 0.277 e. The van der Waals surface area contributed by atoms with Gasteiger partial charge in [-0.25, -0.2) is 15.0 Å². The van der Waals surface area contributed by atoms with Gasteiger partial charge in [0.1, 0.15) is 5.69 Å². The lowest BCUT2D eigenvalue weighted by Crippen LogP contribution is -2.18. The molecule has 0 fully saturated rings. The molecule has 0 aromatic carbocycles. The van der Waals surface area contributed by atoms with Gasteiger partial charge < -0.3 is 0 Å². The normalized spacial score (nSPS) is 10.7. The molecule has 4 aromatic heterocycles. The molecule has 0 aliphatic heterocycles. The molecule has 27 heavy (non-hydrogen) atoms. The number of hydrogen-bond acceptors (Lipinski definition) is 8. The maximum Gasteiger partial charge on any atom is 0.277 e. The number of nitrogens with zero attached hydrogens (tertiary/aromatic N) is 7. The van der Waals surface area contributed by atoms with Crippen LogP contribution in [0.5, 0.6) is 0 Å². The molecule has 10 heteroatoms. The lowest BCUT2D eigenvalue weighted by Gasteiger charge is -2.03. The Bertz CT molecular complexity index is 1090. The van der Waals surface area contributed by atoms with Crippen molar-refractivity contribution in [2.45, 2.75) is 13.8 Å². The van der Waals surface area contributed by atoms with Gasteiger partial charge in [0.2, 0.25) is 0 Å². The minimum Gasteiger partial charge on any atom is -0.296 e. The first-order valence-electron chi connectivity index (χ1n) is 8.02. The van der Waals surface area contributed by atoms with Gasteiger partial charge in [-0.3, -0.25) is 15.1 Å². The van der Waals surface area contributed by atoms with Crippen LogP contribution in [-0.4, -0.2) is 40.8 Å². The molecular weight excluding hydrogens is 364 g/mol. The second-order valence-corrected chi connectivity index (χ2v) is 6.88. The van der Waals surface area contributed by atoms with Gasteiger partial charge in [-0.1, -0.05) is 11.3 Å². The van der Waals surface area contributed by atoms with Crippen LogP contribution in [0.2, 0.25) is 0 Å². The maximum absolute atomic E-state index is 12.7. The van der Waals surface area contributed by atoms with Gasteiger partial charge in [-0.05, 0) is 31.5 Å². The summed E-state index contributed by atoms with van der Waals surface area (Å²) in [6, 6.07) is 5.57. The van der Waals surface area contributed by atoms with E-state index < -0.39 is 5.91 Å². The minimum absolute atomic E-state index is 0.212. The summed E-state index contributed by atoms with van der Waals surface area (Å²) in [5.41, 5.74) is 2.79. The number of carbonyl (C=O) groups excluding carboxylic acids is 1. The number of hydrogen-bond donors (Lipinski definition) is 1. The van der Waals surface area contributed by atoms with Crippen LogP contribution in [0, 0.1) is 13.8 Å². The predicted molar refractivity (Wildman–Crippen MR) is 99.7 cm³/mol. The fraction of sp³-hybridized carbons (Fsp3) is 0.118. The summed E-state index contributed by atoms with van der Waals surface area (Å²) in [6.07, 6.45) is 6.28. The zero-order valence-electron chi connectivity index (χ0n) is 14.5. The molecule has 4 rings (SSSR count). The fourth-order valence-corrected chi connectivity index (χ4v) is 3.21. The third kappa shape index (κ3) is 3.42. The molecule has 9 nitrogen and oxygen atoms in total. The van der Waals surface area contributed by atoms with E-state index in [2.05, 4.69) is 35.6 Å². The fourth-order valence-electron chi connectivity index (χ4n) is 2.39. The number of nitrogens with one attached hydrogen (secondary N) is 1. The van der Waals surface area contributed by atoms with Crippen LogP contribution in [-0.2, 0) is 0 Å². The van der Waals surface area contributed by atoms with Crippen molar-refractivity contribution >= 4 is 22.4 Å². The summed E-state index contributed by atoms with van der Waals surface area (Å²) in [4.78, 5) is 30.7. The van der Waals surface area contributed by atoms with Crippen molar-refractivity contribution in [3.8, 4) is 17.3 Å². The third-order valence-electron chi connectivity index (χ3n) is 3.69. The van der Waals surface area contributed by atoms with Crippen molar-refractivity contribution in [1.82, 2.24) is 34.9 Å². The molecule has 0 radical (unpaired) electrons. The average Bonchev–Trinajstić information content (AvgIpc) is 3.30. The molecule has 0 saturated carbocycles. The summed E-state index contributed by atoms with van der Waals surface area (Å²) in [5, 5.41) is 10.9. The molecule has 4 heterocycles. The Morgan fingerprint density at radius 3 is 2.67 bits per heavy atom. The highest BCUT2D eigenvalue weighted by atomic mass is 32.1. The molecule has 0 saturated heterocycles. The van der Waals surface area contributed by atoms with E-state index in [1.54, 1.807) is 24.7 Å². The Morgan fingerprint density at radius 1 is 1.11 bits per heavy atom. The van der Waals surface area contributed by atoms with E-state index >= 15 is 0 Å². The minimum atomic E-state index is -0.399. The molecule has 1 amide bonds. The number of pyridine rings is 1. The Kier molecular flexibility index (Phi) is 4.38. The summed E-state index contributed by atoms with van der Waals surface area (Å²) in [6.45, 7) is 3.91. The summed E-state index contributed by atoms with van der Waals surface area (Å²) in [7, 11) is 0. The highest BCUT2D eigenvalue weighted by Gasteiger charge is 2.19. The van der Waals surface area contributed by atoms with Crippen molar-refractivity contribution in [3.63, 3.8) is 0 Å². The number of carbonyl (C=O) groups is 1. The SMILES string of the molecule is Cc1ccc(-c2nc(NC(=O)c3cnnn3-c3ncccn3)sc2C)nc1. The van der Waals surface area contributed by atoms with Crippen LogP contribution in [0.4, 0.5) is 5.13 Å². The molecular formula is C17H14N8OS. The summed E-state index contributed by atoms with van der Waals surface area (Å²) < 4.78 is 1.28. The zero-order chi connectivity index (χ0) is 18.8. The van der Waals surface area contributed by atoms with Gasteiger partial charge in [-0.2, -0.15) is 4.68 Å². The van der Waals surface area contributed by atoms with E-state index in [0.29, 0.717) is 5.13 Å². The molecule has 134 valence electrons.